The zero-order valence-electron chi connectivity index (χ0n) is 12.3. The van der Waals surface area contributed by atoms with Gasteiger partial charge in [0.15, 0.2) is 0 Å². The SMILES string of the molecule is COC(=O)C1COCCN1CC(=O)N1CCC(C)CC1. The molecule has 114 valence electrons. The Bertz CT molecular complexity index is 353. The van der Waals surface area contributed by atoms with Gasteiger partial charge in [-0.25, -0.2) is 0 Å². The van der Waals surface area contributed by atoms with Crippen molar-refractivity contribution < 1.29 is 19.1 Å². The summed E-state index contributed by atoms with van der Waals surface area (Å²) in [6.45, 7) is 5.60. The van der Waals surface area contributed by atoms with Gasteiger partial charge in [0.05, 0.1) is 26.9 Å². The van der Waals surface area contributed by atoms with Crippen LogP contribution in [0.25, 0.3) is 0 Å². The molecule has 2 fully saturated rings. The van der Waals surface area contributed by atoms with E-state index in [9.17, 15) is 9.59 Å². The van der Waals surface area contributed by atoms with E-state index >= 15 is 0 Å². The predicted octanol–water partition coefficient (Wildman–Crippen LogP) is 0.119. The molecule has 0 N–H and O–H groups in total. The number of ether oxygens (including phenoxy) is 2. The number of amides is 1. The molecule has 1 unspecified atom stereocenters. The van der Waals surface area contributed by atoms with Gasteiger partial charge in [-0.05, 0) is 18.8 Å². The molecule has 0 radical (unpaired) electrons. The van der Waals surface area contributed by atoms with Gasteiger partial charge in [-0.2, -0.15) is 0 Å². The number of hydrogen-bond acceptors (Lipinski definition) is 5. The van der Waals surface area contributed by atoms with Gasteiger partial charge >= 0.3 is 5.97 Å². The lowest BCUT2D eigenvalue weighted by Crippen LogP contribution is -2.54. The first-order valence-corrected chi connectivity index (χ1v) is 7.29. The monoisotopic (exact) mass is 284 g/mol. The van der Waals surface area contributed by atoms with E-state index in [1.165, 1.54) is 7.11 Å². The van der Waals surface area contributed by atoms with E-state index in [1.54, 1.807) is 0 Å². The molecule has 2 rings (SSSR count). The van der Waals surface area contributed by atoms with E-state index in [-0.39, 0.29) is 18.4 Å². The van der Waals surface area contributed by atoms with Crippen LogP contribution in [0.3, 0.4) is 0 Å². The van der Waals surface area contributed by atoms with Gasteiger partial charge in [-0.3, -0.25) is 14.5 Å². The molecular weight excluding hydrogens is 260 g/mol. The summed E-state index contributed by atoms with van der Waals surface area (Å²) < 4.78 is 10.1. The van der Waals surface area contributed by atoms with Crippen LogP contribution >= 0.6 is 0 Å². The molecular formula is C14H24N2O4. The van der Waals surface area contributed by atoms with E-state index in [0.29, 0.717) is 25.7 Å². The smallest absolute Gasteiger partial charge is 0.325 e. The fourth-order valence-corrected chi connectivity index (χ4v) is 2.71. The van der Waals surface area contributed by atoms with E-state index in [2.05, 4.69) is 6.92 Å². The summed E-state index contributed by atoms with van der Waals surface area (Å²) in [6, 6.07) is -0.457. The van der Waals surface area contributed by atoms with Gasteiger partial charge in [0, 0.05) is 19.6 Å². The summed E-state index contributed by atoms with van der Waals surface area (Å²) in [7, 11) is 1.36. The third-order valence-electron chi connectivity index (χ3n) is 4.19. The highest BCUT2D eigenvalue weighted by molar-refractivity contribution is 5.80. The summed E-state index contributed by atoms with van der Waals surface area (Å²) in [5, 5.41) is 0. The second-order valence-corrected chi connectivity index (χ2v) is 5.65. The second kappa shape index (κ2) is 7.04. The Kier molecular flexibility index (Phi) is 5.37. The van der Waals surface area contributed by atoms with E-state index < -0.39 is 6.04 Å². The quantitative estimate of drug-likeness (QED) is 0.689. The molecule has 0 aromatic rings. The van der Waals surface area contributed by atoms with Crippen LogP contribution in [-0.2, 0) is 19.1 Å². The van der Waals surface area contributed by atoms with Crippen LogP contribution < -0.4 is 0 Å². The Hall–Kier alpha value is -1.14. The first kappa shape index (κ1) is 15.3. The van der Waals surface area contributed by atoms with Crippen LogP contribution in [0.5, 0.6) is 0 Å². The topological polar surface area (TPSA) is 59.1 Å². The van der Waals surface area contributed by atoms with Gasteiger partial charge in [0.25, 0.3) is 0 Å². The second-order valence-electron chi connectivity index (χ2n) is 5.65. The molecule has 0 bridgehead atoms. The molecule has 0 spiro atoms. The maximum Gasteiger partial charge on any atom is 0.325 e. The molecule has 2 saturated heterocycles. The lowest BCUT2D eigenvalue weighted by atomic mass is 9.99. The Morgan fingerprint density at radius 3 is 2.60 bits per heavy atom. The fraction of sp³-hybridized carbons (Fsp3) is 0.857. The average Bonchev–Trinajstić information content (AvgIpc) is 2.47. The predicted molar refractivity (Wildman–Crippen MR) is 73.2 cm³/mol. The molecule has 0 aromatic heterocycles. The lowest BCUT2D eigenvalue weighted by Gasteiger charge is -2.36. The molecule has 1 amide bonds. The van der Waals surface area contributed by atoms with E-state index in [1.807, 2.05) is 9.80 Å². The number of carbonyl (C=O) groups excluding carboxylic acids is 2. The van der Waals surface area contributed by atoms with Gasteiger partial charge in [-0.15, -0.1) is 0 Å². The van der Waals surface area contributed by atoms with E-state index in [0.717, 1.165) is 25.9 Å². The van der Waals surface area contributed by atoms with Crippen molar-refractivity contribution in [1.82, 2.24) is 9.80 Å². The summed E-state index contributed by atoms with van der Waals surface area (Å²) >= 11 is 0. The van der Waals surface area contributed by atoms with Gasteiger partial charge in [0.2, 0.25) is 5.91 Å². The molecule has 6 heteroatoms. The fourth-order valence-electron chi connectivity index (χ4n) is 2.71. The number of piperidine rings is 1. The number of esters is 1. The first-order valence-electron chi connectivity index (χ1n) is 7.29. The van der Waals surface area contributed by atoms with Crippen LogP contribution in [0, 0.1) is 5.92 Å². The molecule has 6 nitrogen and oxygen atoms in total. The molecule has 0 saturated carbocycles. The molecule has 1 atom stereocenters. The molecule has 2 aliphatic rings. The number of methoxy groups -OCH3 is 1. The van der Waals surface area contributed by atoms with Crippen molar-refractivity contribution in [3.05, 3.63) is 0 Å². The highest BCUT2D eigenvalue weighted by Crippen LogP contribution is 2.17. The highest BCUT2D eigenvalue weighted by Gasteiger charge is 2.32. The van der Waals surface area contributed by atoms with Crippen molar-refractivity contribution in [3.63, 3.8) is 0 Å². The number of rotatable bonds is 3. The summed E-state index contributed by atoms with van der Waals surface area (Å²) in [6.07, 6.45) is 2.13. The van der Waals surface area contributed by atoms with Gasteiger partial charge in [0.1, 0.15) is 6.04 Å². The Morgan fingerprint density at radius 2 is 1.95 bits per heavy atom. The zero-order chi connectivity index (χ0) is 14.5. The Labute approximate surface area is 120 Å². The first-order chi connectivity index (χ1) is 9.61. The molecule has 20 heavy (non-hydrogen) atoms. The van der Waals surface area contributed by atoms with E-state index in [4.69, 9.17) is 9.47 Å². The number of likely N-dealkylation sites (tertiary alicyclic amines) is 1. The largest absolute Gasteiger partial charge is 0.468 e. The minimum Gasteiger partial charge on any atom is -0.468 e. The van der Waals surface area contributed by atoms with Crippen molar-refractivity contribution >= 4 is 11.9 Å². The number of hydrogen-bond donors (Lipinski definition) is 0. The average molecular weight is 284 g/mol. The van der Waals surface area contributed by atoms with Crippen LogP contribution in [0.2, 0.25) is 0 Å². The zero-order valence-corrected chi connectivity index (χ0v) is 12.3. The molecule has 2 aliphatic heterocycles. The van der Waals surface area contributed by atoms with Crippen molar-refractivity contribution in [2.24, 2.45) is 5.92 Å². The van der Waals surface area contributed by atoms with Crippen molar-refractivity contribution in [2.45, 2.75) is 25.8 Å². The summed E-state index contributed by atoms with van der Waals surface area (Å²) in [5.41, 5.74) is 0. The summed E-state index contributed by atoms with van der Waals surface area (Å²) in [5.74, 6) is 0.475. The van der Waals surface area contributed by atoms with Crippen molar-refractivity contribution in [3.8, 4) is 0 Å². The molecule has 0 aromatic carbocycles. The third-order valence-corrected chi connectivity index (χ3v) is 4.19. The van der Waals surface area contributed by atoms with Crippen molar-refractivity contribution in [1.29, 1.82) is 0 Å². The molecule has 0 aliphatic carbocycles. The minimum atomic E-state index is -0.457. The van der Waals surface area contributed by atoms with Crippen LogP contribution in [0.1, 0.15) is 19.8 Å². The minimum absolute atomic E-state index is 0.104. The van der Waals surface area contributed by atoms with Gasteiger partial charge < -0.3 is 14.4 Å². The van der Waals surface area contributed by atoms with Crippen LogP contribution in [0.15, 0.2) is 0 Å². The number of nitrogens with zero attached hydrogens (tertiary/aromatic N) is 2. The number of carbonyl (C=O) groups is 2. The third kappa shape index (κ3) is 3.70. The highest BCUT2D eigenvalue weighted by atomic mass is 16.5. The molecule has 2 heterocycles. The summed E-state index contributed by atoms with van der Waals surface area (Å²) in [4.78, 5) is 27.8. The van der Waals surface area contributed by atoms with Gasteiger partial charge in [-0.1, -0.05) is 6.92 Å². The van der Waals surface area contributed by atoms with Crippen molar-refractivity contribution in [2.75, 3.05) is 46.5 Å². The van der Waals surface area contributed by atoms with Crippen LogP contribution in [-0.4, -0.2) is 74.2 Å². The Balaban J connectivity index is 1.89. The van der Waals surface area contributed by atoms with Crippen LogP contribution in [0.4, 0.5) is 0 Å². The lowest BCUT2D eigenvalue weighted by molar-refractivity contribution is -0.155. The normalized spacial score (nSPS) is 25.5. The number of morpholine rings is 1. The maximum atomic E-state index is 12.3. The standard InChI is InChI=1S/C14H24N2O4/c1-11-3-5-15(6-4-11)13(17)9-16-7-8-20-10-12(16)14(18)19-2/h11-12H,3-10H2,1-2H3. The maximum absolute atomic E-state index is 12.3. The Morgan fingerprint density at radius 1 is 1.25 bits per heavy atom.